The third kappa shape index (κ3) is 6.23. The number of carbonyl (C=O) groups is 2. The lowest BCUT2D eigenvalue weighted by Gasteiger charge is -2.26. The second kappa shape index (κ2) is 9.30. The highest BCUT2D eigenvalue weighted by Gasteiger charge is 2.50. The first-order chi connectivity index (χ1) is 15.0. The number of carboxylic acid groups (broad SMARTS) is 2. The van der Waals surface area contributed by atoms with Crippen LogP contribution in [0.1, 0.15) is 22.3 Å². The van der Waals surface area contributed by atoms with Crippen molar-refractivity contribution in [1.82, 2.24) is 0 Å². The molecule has 2 aromatic carbocycles. The number of hydrogen-bond donors (Lipinski definition) is 4. The maximum absolute atomic E-state index is 13.8. The molecule has 0 radical (unpaired) electrons. The number of carboxylic acids is 2. The van der Waals surface area contributed by atoms with E-state index < -0.39 is 58.9 Å². The molecule has 0 aliphatic carbocycles. The first-order valence-electron chi connectivity index (χ1n) is 9.23. The summed E-state index contributed by atoms with van der Waals surface area (Å²) in [7, 11) is -9.11. The van der Waals surface area contributed by atoms with Gasteiger partial charge >= 0.3 is 25.2 Å². The van der Waals surface area contributed by atoms with Crippen molar-refractivity contribution in [3.63, 3.8) is 0 Å². The Morgan fingerprint density at radius 1 is 0.848 bits per heavy atom. The largest absolute Gasteiger partial charge is 0.480 e. The van der Waals surface area contributed by atoms with Crippen LogP contribution in [0.3, 0.4) is 0 Å². The first-order valence-corrected chi connectivity index (χ1v) is 12.9. The van der Waals surface area contributed by atoms with Crippen LogP contribution in [0.4, 0.5) is 8.78 Å². The van der Waals surface area contributed by atoms with Crippen molar-refractivity contribution in [2.45, 2.75) is 24.3 Å². The lowest BCUT2D eigenvalue weighted by Crippen LogP contribution is -2.43. The highest BCUT2D eigenvalue weighted by atomic mass is 32.2. The first kappa shape index (κ1) is 26.6. The van der Waals surface area contributed by atoms with Gasteiger partial charge in [0.25, 0.3) is 0 Å². The highest BCUT2D eigenvalue weighted by molar-refractivity contribution is 7.89. The molecular formula is C20H21F2O9PS. The normalized spacial score (nSPS) is 13.0. The zero-order chi connectivity index (χ0) is 25.2. The molecule has 180 valence electrons. The van der Waals surface area contributed by atoms with E-state index in [2.05, 4.69) is 0 Å². The minimum absolute atomic E-state index is 0.0405. The topological polar surface area (TPSA) is 166 Å². The Labute approximate surface area is 187 Å². The van der Waals surface area contributed by atoms with E-state index in [4.69, 9.17) is 9.79 Å². The summed E-state index contributed by atoms with van der Waals surface area (Å²) >= 11 is 0. The molecule has 0 spiro atoms. The quantitative estimate of drug-likeness (QED) is 0.279. The number of hydrogen-bond acceptors (Lipinski definition) is 5. The average molecular weight is 506 g/mol. The molecule has 0 aliphatic rings. The van der Waals surface area contributed by atoms with E-state index in [0.29, 0.717) is 23.3 Å². The minimum Gasteiger partial charge on any atom is -0.480 e. The summed E-state index contributed by atoms with van der Waals surface area (Å²) < 4.78 is 61.4. The summed E-state index contributed by atoms with van der Waals surface area (Å²) in [6.07, 6.45) is -0.0520. The highest BCUT2D eigenvalue weighted by Crippen LogP contribution is 2.59. The second-order valence-corrected chi connectivity index (χ2v) is 11.5. The van der Waals surface area contributed by atoms with E-state index in [-0.39, 0.29) is 11.3 Å². The van der Waals surface area contributed by atoms with Crippen LogP contribution in [0.2, 0.25) is 0 Å². The summed E-state index contributed by atoms with van der Waals surface area (Å²) in [6.45, 7) is 0. The molecule has 0 aromatic heterocycles. The van der Waals surface area contributed by atoms with Crippen LogP contribution in [0.5, 0.6) is 0 Å². The number of benzene rings is 2. The van der Waals surface area contributed by atoms with Gasteiger partial charge in [-0.3, -0.25) is 14.2 Å². The van der Waals surface area contributed by atoms with Crippen molar-refractivity contribution in [2.24, 2.45) is 5.41 Å². The van der Waals surface area contributed by atoms with E-state index in [1.807, 2.05) is 0 Å². The van der Waals surface area contributed by atoms with Gasteiger partial charge in [0.2, 0.25) is 0 Å². The molecule has 0 amide bonds. The Kier molecular flexibility index (Phi) is 7.49. The predicted octanol–water partition coefficient (Wildman–Crippen LogP) is 2.40. The summed E-state index contributed by atoms with van der Waals surface area (Å²) in [4.78, 5) is 41.6. The van der Waals surface area contributed by atoms with Gasteiger partial charge in [-0.2, -0.15) is 8.78 Å². The second-order valence-electron chi connectivity index (χ2n) is 7.71. The third-order valence-electron chi connectivity index (χ3n) is 4.95. The number of alkyl halides is 2. The summed E-state index contributed by atoms with van der Waals surface area (Å²) in [6, 6.07) is 9.04. The number of rotatable bonds is 10. The lowest BCUT2D eigenvalue weighted by molar-refractivity contribution is -0.164. The molecule has 0 aliphatic heterocycles. The van der Waals surface area contributed by atoms with Crippen molar-refractivity contribution >= 4 is 29.4 Å². The van der Waals surface area contributed by atoms with Crippen molar-refractivity contribution in [1.29, 1.82) is 0 Å². The van der Waals surface area contributed by atoms with Crippen molar-refractivity contribution in [3.05, 3.63) is 70.8 Å². The van der Waals surface area contributed by atoms with E-state index >= 15 is 0 Å². The van der Waals surface area contributed by atoms with E-state index in [0.717, 1.165) is 18.4 Å². The molecule has 33 heavy (non-hydrogen) atoms. The Morgan fingerprint density at radius 2 is 1.21 bits per heavy atom. The van der Waals surface area contributed by atoms with Gasteiger partial charge in [-0.25, -0.2) is 8.42 Å². The maximum atomic E-state index is 13.8. The fourth-order valence-electron chi connectivity index (χ4n) is 3.20. The maximum Gasteiger partial charge on any atom is 0.399 e. The third-order valence-corrected chi connectivity index (χ3v) is 6.80. The average Bonchev–Trinajstić information content (AvgIpc) is 2.67. The molecule has 0 bridgehead atoms. The van der Waals surface area contributed by atoms with Crippen molar-refractivity contribution in [3.8, 4) is 0 Å². The fourth-order valence-corrected chi connectivity index (χ4v) is 4.48. The van der Waals surface area contributed by atoms with Crippen LogP contribution in [-0.2, 0) is 48.2 Å². The van der Waals surface area contributed by atoms with Crippen LogP contribution in [0.25, 0.3) is 0 Å². The molecule has 0 saturated heterocycles. The van der Waals surface area contributed by atoms with E-state index in [1.165, 1.54) is 24.3 Å². The Hall–Kier alpha value is -2.66. The summed E-state index contributed by atoms with van der Waals surface area (Å²) in [5, 5.41) is 19.5. The predicted molar refractivity (Wildman–Crippen MR) is 112 cm³/mol. The van der Waals surface area contributed by atoms with Crippen molar-refractivity contribution in [2.75, 3.05) is 6.26 Å². The molecule has 0 saturated carbocycles. The number of sulfone groups is 1. The Bertz CT molecular complexity index is 1170. The van der Waals surface area contributed by atoms with Gasteiger partial charge in [0.1, 0.15) is 0 Å². The van der Waals surface area contributed by atoms with Gasteiger partial charge in [0, 0.05) is 11.8 Å². The number of halogens is 2. The van der Waals surface area contributed by atoms with Crippen molar-refractivity contribution < 1.29 is 51.4 Å². The van der Waals surface area contributed by atoms with Gasteiger partial charge in [-0.1, -0.05) is 48.5 Å². The zero-order valence-corrected chi connectivity index (χ0v) is 18.9. The zero-order valence-electron chi connectivity index (χ0n) is 17.2. The molecule has 0 atom stereocenters. The molecular weight excluding hydrogens is 485 g/mol. The smallest absolute Gasteiger partial charge is 0.399 e. The molecule has 13 heteroatoms. The van der Waals surface area contributed by atoms with Crippen LogP contribution in [-0.4, -0.2) is 46.6 Å². The standard InChI is InChI=1S/C20H21F2O9PS/c1-33(30,31)12-15-4-2-13(3-5-15)10-19(17(23)24,18(25)26)11-14-6-8-16(9-7-14)20(21,22)32(27,28)29/h2-9H,10-12H2,1H3,(H,23,24)(H,25,26)(H2,27,28,29). The summed E-state index contributed by atoms with van der Waals surface area (Å²) in [5.41, 5.74) is -7.08. The lowest BCUT2D eigenvalue weighted by atomic mass is 9.76. The minimum atomic E-state index is -5.80. The van der Waals surface area contributed by atoms with Gasteiger partial charge in [0.15, 0.2) is 15.3 Å². The summed E-state index contributed by atoms with van der Waals surface area (Å²) in [5.74, 6) is -3.61. The molecule has 0 fully saturated rings. The van der Waals surface area contributed by atoms with Crippen LogP contribution < -0.4 is 0 Å². The Balaban J connectivity index is 2.36. The number of aliphatic carboxylic acids is 2. The molecule has 4 N–H and O–H groups in total. The molecule has 0 heterocycles. The molecule has 2 rings (SSSR count). The SMILES string of the molecule is CS(=O)(=O)Cc1ccc(CC(Cc2ccc(C(F)(F)P(=O)(O)O)cc2)(C(=O)O)C(=O)O)cc1. The van der Waals surface area contributed by atoms with E-state index in [1.54, 1.807) is 0 Å². The van der Waals surface area contributed by atoms with Gasteiger partial charge in [-0.15, -0.1) is 0 Å². The Morgan fingerprint density at radius 3 is 1.55 bits per heavy atom. The van der Waals surface area contributed by atoms with Gasteiger partial charge < -0.3 is 20.0 Å². The fraction of sp³-hybridized carbons (Fsp3) is 0.300. The molecule has 2 aromatic rings. The van der Waals surface area contributed by atoms with E-state index in [9.17, 15) is 41.6 Å². The van der Waals surface area contributed by atoms with Gasteiger partial charge in [-0.05, 0) is 29.5 Å². The molecule has 9 nitrogen and oxygen atoms in total. The van der Waals surface area contributed by atoms with Crippen LogP contribution >= 0.6 is 7.60 Å². The molecule has 0 unspecified atom stereocenters. The van der Waals surface area contributed by atoms with Gasteiger partial charge in [0.05, 0.1) is 5.75 Å². The van der Waals surface area contributed by atoms with Crippen LogP contribution in [0.15, 0.2) is 48.5 Å². The van der Waals surface area contributed by atoms with Crippen LogP contribution in [0, 0.1) is 5.41 Å². The monoisotopic (exact) mass is 506 g/mol.